The Bertz CT molecular complexity index is 885. The molecule has 0 bridgehead atoms. The lowest BCUT2D eigenvalue weighted by atomic mass is 10.1. The van der Waals surface area contributed by atoms with Crippen molar-refractivity contribution in [3.8, 4) is 11.5 Å². The molecule has 0 spiro atoms. The van der Waals surface area contributed by atoms with Crippen molar-refractivity contribution >= 4 is 11.9 Å². The normalized spacial score (nSPS) is 12.4. The fourth-order valence-electron chi connectivity index (χ4n) is 3.12. The summed E-state index contributed by atoms with van der Waals surface area (Å²) in [5.74, 6) is 0.765. The van der Waals surface area contributed by atoms with Crippen molar-refractivity contribution in [2.75, 3.05) is 13.8 Å². The molecule has 1 amide bonds. The van der Waals surface area contributed by atoms with Crippen LogP contribution in [-0.4, -0.2) is 41.7 Å². The lowest BCUT2D eigenvalue weighted by Crippen LogP contribution is -2.27. The molecule has 3 rings (SSSR count). The highest BCUT2D eigenvalue weighted by atomic mass is 16.7. The van der Waals surface area contributed by atoms with Crippen LogP contribution in [0, 0.1) is 13.8 Å². The summed E-state index contributed by atoms with van der Waals surface area (Å²) >= 11 is 0. The number of ether oxygens (including phenoxy) is 3. The van der Waals surface area contributed by atoms with Gasteiger partial charge in [-0.25, -0.2) is 4.79 Å². The van der Waals surface area contributed by atoms with Crippen molar-refractivity contribution < 1.29 is 23.8 Å². The standard InChI is InChI=1S/C20H24N2O5/c1-11(2)27-20(24)17-12(3)18(21-13(17)4)19(23)22(5)9-14-6-7-15-16(8-14)26-10-25-15/h6-8,11,21H,9-10H2,1-5H3. The van der Waals surface area contributed by atoms with Crippen LogP contribution in [-0.2, 0) is 11.3 Å². The molecule has 1 aromatic heterocycles. The number of fused-ring (bicyclic) bond motifs is 1. The van der Waals surface area contributed by atoms with E-state index < -0.39 is 5.97 Å². The SMILES string of the molecule is Cc1[nH]c(C(=O)N(C)Cc2ccc3c(c2)OCO3)c(C)c1C(=O)OC(C)C. The number of hydrogen-bond acceptors (Lipinski definition) is 5. The van der Waals surface area contributed by atoms with E-state index in [1.807, 2.05) is 18.2 Å². The quantitative estimate of drug-likeness (QED) is 0.815. The molecular weight excluding hydrogens is 348 g/mol. The molecular formula is C20H24N2O5. The minimum atomic E-state index is -0.422. The number of nitrogens with zero attached hydrogens (tertiary/aromatic N) is 1. The van der Waals surface area contributed by atoms with Crippen molar-refractivity contribution in [2.45, 2.75) is 40.3 Å². The number of amides is 1. The molecule has 2 aromatic rings. The number of H-pyrrole nitrogens is 1. The van der Waals surface area contributed by atoms with Crippen molar-refractivity contribution in [3.63, 3.8) is 0 Å². The van der Waals surface area contributed by atoms with Crippen LogP contribution < -0.4 is 9.47 Å². The Labute approximate surface area is 158 Å². The minimum absolute atomic E-state index is 0.197. The van der Waals surface area contributed by atoms with E-state index in [0.29, 0.717) is 40.6 Å². The Morgan fingerprint density at radius 3 is 2.63 bits per heavy atom. The summed E-state index contributed by atoms with van der Waals surface area (Å²) in [5, 5.41) is 0. The number of esters is 1. The molecule has 1 aliphatic heterocycles. The van der Waals surface area contributed by atoms with Crippen LogP contribution in [0.4, 0.5) is 0 Å². The number of nitrogens with one attached hydrogen (secondary N) is 1. The van der Waals surface area contributed by atoms with Crippen molar-refractivity contribution in [3.05, 3.63) is 46.3 Å². The Morgan fingerprint density at radius 1 is 1.22 bits per heavy atom. The first-order valence-electron chi connectivity index (χ1n) is 8.82. The summed E-state index contributed by atoms with van der Waals surface area (Å²) in [7, 11) is 1.72. The monoisotopic (exact) mass is 372 g/mol. The third-order valence-electron chi connectivity index (χ3n) is 4.40. The zero-order chi connectivity index (χ0) is 19.7. The second-order valence-electron chi connectivity index (χ2n) is 6.93. The van der Waals surface area contributed by atoms with Crippen LogP contribution in [0.15, 0.2) is 18.2 Å². The van der Waals surface area contributed by atoms with Crippen LogP contribution >= 0.6 is 0 Å². The van der Waals surface area contributed by atoms with Gasteiger partial charge >= 0.3 is 5.97 Å². The maximum Gasteiger partial charge on any atom is 0.340 e. The second-order valence-corrected chi connectivity index (χ2v) is 6.93. The number of rotatable bonds is 5. The average molecular weight is 372 g/mol. The van der Waals surface area contributed by atoms with Gasteiger partial charge in [-0.2, -0.15) is 0 Å². The van der Waals surface area contributed by atoms with E-state index in [4.69, 9.17) is 14.2 Å². The first-order chi connectivity index (χ1) is 12.8. The van der Waals surface area contributed by atoms with E-state index in [9.17, 15) is 9.59 Å². The van der Waals surface area contributed by atoms with Gasteiger partial charge in [0.05, 0.1) is 11.7 Å². The Hall–Kier alpha value is -2.96. The van der Waals surface area contributed by atoms with Gasteiger partial charge in [-0.1, -0.05) is 6.07 Å². The van der Waals surface area contributed by atoms with E-state index in [1.165, 1.54) is 0 Å². The second kappa shape index (κ2) is 7.34. The lowest BCUT2D eigenvalue weighted by molar-refractivity contribution is 0.0376. The summed E-state index contributed by atoms with van der Waals surface area (Å²) in [4.78, 5) is 29.8. The first kappa shape index (κ1) is 18.8. The van der Waals surface area contributed by atoms with Gasteiger partial charge in [0, 0.05) is 19.3 Å². The summed E-state index contributed by atoms with van der Waals surface area (Å²) in [6, 6.07) is 5.60. The number of aromatic amines is 1. The van der Waals surface area contributed by atoms with Gasteiger partial charge < -0.3 is 24.1 Å². The molecule has 2 heterocycles. The van der Waals surface area contributed by atoms with Crippen LogP contribution in [0.1, 0.15) is 51.5 Å². The van der Waals surface area contributed by atoms with Gasteiger partial charge in [0.1, 0.15) is 5.69 Å². The third-order valence-corrected chi connectivity index (χ3v) is 4.40. The van der Waals surface area contributed by atoms with Gasteiger partial charge in [0.2, 0.25) is 6.79 Å². The largest absolute Gasteiger partial charge is 0.459 e. The number of benzene rings is 1. The zero-order valence-corrected chi connectivity index (χ0v) is 16.2. The molecule has 7 heteroatoms. The predicted molar refractivity (Wildman–Crippen MR) is 99.2 cm³/mol. The fraction of sp³-hybridized carbons (Fsp3) is 0.400. The van der Waals surface area contributed by atoms with E-state index in [1.54, 1.807) is 39.6 Å². The molecule has 0 saturated carbocycles. The molecule has 0 atom stereocenters. The van der Waals surface area contributed by atoms with E-state index in [0.717, 1.165) is 5.56 Å². The van der Waals surface area contributed by atoms with Crippen LogP contribution in [0.3, 0.4) is 0 Å². The van der Waals surface area contributed by atoms with Crippen LogP contribution in [0.2, 0.25) is 0 Å². The molecule has 144 valence electrons. The van der Waals surface area contributed by atoms with Crippen molar-refractivity contribution in [1.82, 2.24) is 9.88 Å². The smallest absolute Gasteiger partial charge is 0.340 e. The maximum absolute atomic E-state index is 12.9. The molecule has 0 unspecified atom stereocenters. The van der Waals surface area contributed by atoms with Gasteiger partial charge in [0.15, 0.2) is 11.5 Å². The summed E-state index contributed by atoms with van der Waals surface area (Å²) in [6.45, 7) is 7.71. The molecule has 1 aromatic carbocycles. The van der Waals surface area contributed by atoms with E-state index in [-0.39, 0.29) is 18.8 Å². The minimum Gasteiger partial charge on any atom is -0.459 e. The number of aryl methyl sites for hydroxylation is 1. The molecule has 1 N–H and O–H groups in total. The third kappa shape index (κ3) is 3.77. The molecule has 7 nitrogen and oxygen atoms in total. The first-order valence-corrected chi connectivity index (χ1v) is 8.82. The number of hydrogen-bond donors (Lipinski definition) is 1. The Morgan fingerprint density at radius 2 is 1.93 bits per heavy atom. The van der Waals surface area contributed by atoms with E-state index >= 15 is 0 Å². The van der Waals surface area contributed by atoms with Crippen molar-refractivity contribution in [1.29, 1.82) is 0 Å². The van der Waals surface area contributed by atoms with Gasteiger partial charge in [-0.05, 0) is 51.0 Å². The summed E-state index contributed by atoms with van der Waals surface area (Å²) < 4.78 is 16.0. The molecule has 0 aliphatic carbocycles. The average Bonchev–Trinajstić information content (AvgIpc) is 3.17. The number of carbonyl (C=O) groups is 2. The van der Waals surface area contributed by atoms with Crippen LogP contribution in [0.25, 0.3) is 0 Å². The maximum atomic E-state index is 12.9. The number of carbonyl (C=O) groups excluding carboxylic acids is 2. The zero-order valence-electron chi connectivity index (χ0n) is 16.2. The number of aromatic nitrogens is 1. The molecule has 0 saturated heterocycles. The predicted octanol–water partition coefficient (Wildman–Crippen LogP) is 3.20. The van der Waals surface area contributed by atoms with Gasteiger partial charge in [-0.15, -0.1) is 0 Å². The summed E-state index contributed by atoms with van der Waals surface area (Å²) in [5.41, 5.74) is 2.96. The van der Waals surface area contributed by atoms with E-state index in [2.05, 4.69) is 4.98 Å². The lowest BCUT2D eigenvalue weighted by Gasteiger charge is -2.17. The molecule has 0 radical (unpaired) electrons. The topological polar surface area (TPSA) is 80.9 Å². The molecule has 27 heavy (non-hydrogen) atoms. The van der Waals surface area contributed by atoms with Crippen molar-refractivity contribution in [2.24, 2.45) is 0 Å². The molecule has 0 fully saturated rings. The van der Waals surface area contributed by atoms with Crippen LogP contribution in [0.5, 0.6) is 11.5 Å². The highest BCUT2D eigenvalue weighted by Gasteiger charge is 2.25. The Balaban J connectivity index is 1.78. The highest BCUT2D eigenvalue weighted by molar-refractivity contribution is 6.00. The summed E-state index contributed by atoms with van der Waals surface area (Å²) in [6.07, 6.45) is -0.223. The van der Waals surface area contributed by atoms with Gasteiger partial charge in [0.25, 0.3) is 5.91 Å². The fourth-order valence-corrected chi connectivity index (χ4v) is 3.12. The highest BCUT2D eigenvalue weighted by Crippen LogP contribution is 2.33. The molecule has 1 aliphatic rings. The Kier molecular flexibility index (Phi) is 5.12. The van der Waals surface area contributed by atoms with Gasteiger partial charge in [-0.3, -0.25) is 4.79 Å².